The van der Waals surface area contributed by atoms with Crippen LogP contribution in [0, 0.1) is 0 Å². The van der Waals surface area contributed by atoms with Gasteiger partial charge in [-0.15, -0.1) is 0 Å². The van der Waals surface area contributed by atoms with Crippen molar-refractivity contribution in [1.29, 1.82) is 0 Å². The molecule has 0 saturated carbocycles. The molecule has 0 aliphatic heterocycles. The largest absolute Gasteiger partial charge is 0.462 e. The van der Waals surface area contributed by atoms with Crippen LogP contribution in [0.4, 0.5) is 0 Å². The number of ether oxygens (including phenoxy) is 3. The van der Waals surface area contributed by atoms with Crippen LogP contribution in [-0.4, -0.2) is 37.9 Å². The second kappa shape index (κ2) is 46.5. The van der Waals surface area contributed by atoms with E-state index in [2.05, 4.69) is 106 Å². The summed E-state index contributed by atoms with van der Waals surface area (Å²) < 4.78 is 17.2. The number of carbonyl (C=O) groups excluding carboxylic acids is 2. The van der Waals surface area contributed by atoms with Crippen molar-refractivity contribution < 1.29 is 23.8 Å². The summed E-state index contributed by atoms with van der Waals surface area (Å²) in [7, 11) is 0. The van der Waals surface area contributed by atoms with Gasteiger partial charge in [-0.05, 0) is 89.9 Å². The molecule has 0 bridgehead atoms. The molecular weight excluding hydrogens is 693 g/mol. The predicted molar refractivity (Wildman–Crippen MR) is 242 cm³/mol. The molecule has 5 heteroatoms. The van der Waals surface area contributed by atoms with Crippen molar-refractivity contribution in [2.45, 2.75) is 207 Å². The third-order valence-electron chi connectivity index (χ3n) is 9.43. The first-order chi connectivity index (χ1) is 27.6. The van der Waals surface area contributed by atoms with E-state index in [1.54, 1.807) is 0 Å². The Hall–Kier alpha value is -2.92. The molecular formula is C51H86O5. The highest BCUT2D eigenvalue weighted by atomic mass is 16.6. The van der Waals surface area contributed by atoms with Crippen molar-refractivity contribution in [3.8, 4) is 0 Å². The quantitative estimate of drug-likeness (QED) is 0.0351. The molecule has 0 fully saturated rings. The van der Waals surface area contributed by atoms with Gasteiger partial charge in [-0.3, -0.25) is 9.59 Å². The van der Waals surface area contributed by atoms with Crippen molar-refractivity contribution in [3.05, 3.63) is 85.1 Å². The van der Waals surface area contributed by atoms with Crippen LogP contribution >= 0.6 is 0 Å². The Labute approximate surface area is 346 Å². The van der Waals surface area contributed by atoms with Gasteiger partial charge in [-0.1, -0.05) is 183 Å². The Morgan fingerprint density at radius 3 is 1.29 bits per heavy atom. The fraction of sp³-hybridized carbons (Fsp3) is 0.686. The molecule has 5 nitrogen and oxygen atoms in total. The maximum Gasteiger partial charge on any atom is 0.306 e. The third kappa shape index (κ3) is 43.8. The zero-order valence-corrected chi connectivity index (χ0v) is 36.6. The van der Waals surface area contributed by atoms with E-state index >= 15 is 0 Å². The third-order valence-corrected chi connectivity index (χ3v) is 9.43. The van der Waals surface area contributed by atoms with Crippen LogP contribution in [0.25, 0.3) is 0 Å². The fourth-order valence-electron chi connectivity index (χ4n) is 6.04. The van der Waals surface area contributed by atoms with Crippen molar-refractivity contribution in [2.75, 3.05) is 19.8 Å². The zero-order valence-electron chi connectivity index (χ0n) is 36.6. The highest BCUT2D eigenvalue weighted by molar-refractivity contribution is 5.70. The maximum absolute atomic E-state index is 12.6. The Kier molecular flexibility index (Phi) is 44.0. The van der Waals surface area contributed by atoms with Gasteiger partial charge in [-0.2, -0.15) is 0 Å². The zero-order chi connectivity index (χ0) is 40.7. The van der Waals surface area contributed by atoms with Crippen molar-refractivity contribution in [2.24, 2.45) is 0 Å². The summed E-state index contributed by atoms with van der Waals surface area (Å²) in [6, 6.07) is 0. The topological polar surface area (TPSA) is 61.8 Å². The molecule has 1 unspecified atom stereocenters. The first kappa shape index (κ1) is 53.1. The molecule has 56 heavy (non-hydrogen) atoms. The second-order valence-electron chi connectivity index (χ2n) is 14.9. The van der Waals surface area contributed by atoms with E-state index in [0.717, 1.165) is 109 Å². The fourth-order valence-corrected chi connectivity index (χ4v) is 6.04. The molecule has 0 aromatic carbocycles. The van der Waals surface area contributed by atoms with Crippen molar-refractivity contribution >= 4 is 11.9 Å². The van der Waals surface area contributed by atoms with E-state index in [0.29, 0.717) is 19.4 Å². The first-order valence-corrected chi connectivity index (χ1v) is 23.1. The van der Waals surface area contributed by atoms with E-state index in [9.17, 15) is 9.59 Å². The van der Waals surface area contributed by atoms with E-state index in [-0.39, 0.29) is 25.2 Å². The summed E-state index contributed by atoms with van der Waals surface area (Å²) in [6.07, 6.45) is 60.2. The second-order valence-corrected chi connectivity index (χ2v) is 14.9. The van der Waals surface area contributed by atoms with Gasteiger partial charge in [0.05, 0.1) is 6.61 Å². The Balaban J connectivity index is 4.22. The Bertz CT molecular complexity index is 1060. The average molecular weight is 779 g/mol. The Morgan fingerprint density at radius 1 is 0.411 bits per heavy atom. The number of unbranched alkanes of at least 4 members (excludes halogenated alkanes) is 16. The molecule has 0 amide bonds. The minimum absolute atomic E-state index is 0.0653. The summed E-state index contributed by atoms with van der Waals surface area (Å²) in [6.45, 7) is 7.50. The van der Waals surface area contributed by atoms with E-state index in [4.69, 9.17) is 14.2 Å². The number of hydrogen-bond donors (Lipinski definition) is 0. The molecule has 0 aromatic heterocycles. The molecule has 0 aromatic rings. The van der Waals surface area contributed by atoms with Gasteiger partial charge in [0, 0.05) is 19.4 Å². The molecule has 0 rings (SSSR count). The number of carbonyl (C=O) groups is 2. The van der Waals surface area contributed by atoms with Crippen LogP contribution in [0.3, 0.4) is 0 Å². The van der Waals surface area contributed by atoms with Crippen LogP contribution in [-0.2, 0) is 23.8 Å². The molecule has 0 spiro atoms. The number of hydrogen-bond acceptors (Lipinski definition) is 5. The lowest BCUT2D eigenvalue weighted by Crippen LogP contribution is -2.30. The average Bonchev–Trinajstić information content (AvgIpc) is 3.20. The molecule has 0 aliphatic carbocycles. The van der Waals surface area contributed by atoms with Crippen LogP contribution in [0.2, 0.25) is 0 Å². The lowest BCUT2D eigenvalue weighted by molar-refractivity contribution is -0.163. The van der Waals surface area contributed by atoms with Crippen molar-refractivity contribution in [1.82, 2.24) is 0 Å². The number of allylic oxidation sites excluding steroid dienone is 14. The summed E-state index contributed by atoms with van der Waals surface area (Å²) >= 11 is 0. The van der Waals surface area contributed by atoms with E-state index in [1.165, 1.54) is 57.8 Å². The minimum Gasteiger partial charge on any atom is -0.462 e. The predicted octanol–water partition coefficient (Wildman–Crippen LogP) is 15.3. The number of esters is 2. The molecule has 0 aliphatic rings. The van der Waals surface area contributed by atoms with Crippen molar-refractivity contribution in [3.63, 3.8) is 0 Å². The van der Waals surface area contributed by atoms with Gasteiger partial charge in [0.15, 0.2) is 6.10 Å². The molecule has 0 radical (unpaired) electrons. The van der Waals surface area contributed by atoms with Gasteiger partial charge >= 0.3 is 11.9 Å². The monoisotopic (exact) mass is 779 g/mol. The highest BCUT2D eigenvalue weighted by Crippen LogP contribution is 2.12. The minimum atomic E-state index is -0.552. The normalized spacial score (nSPS) is 13.0. The van der Waals surface area contributed by atoms with Crippen LogP contribution in [0.1, 0.15) is 201 Å². The van der Waals surface area contributed by atoms with Gasteiger partial charge in [0.1, 0.15) is 6.61 Å². The number of rotatable bonds is 41. The first-order valence-electron chi connectivity index (χ1n) is 23.1. The lowest BCUT2D eigenvalue weighted by atomic mass is 10.1. The summed E-state index contributed by atoms with van der Waals surface area (Å²) in [5.41, 5.74) is 0. The summed E-state index contributed by atoms with van der Waals surface area (Å²) in [5, 5.41) is 0. The van der Waals surface area contributed by atoms with E-state index in [1.807, 2.05) is 0 Å². The molecule has 1 atom stereocenters. The van der Waals surface area contributed by atoms with Crippen LogP contribution in [0.5, 0.6) is 0 Å². The van der Waals surface area contributed by atoms with E-state index < -0.39 is 6.10 Å². The molecule has 320 valence electrons. The Morgan fingerprint density at radius 2 is 0.804 bits per heavy atom. The lowest BCUT2D eigenvalue weighted by Gasteiger charge is -2.18. The van der Waals surface area contributed by atoms with Gasteiger partial charge in [0.2, 0.25) is 0 Å². The van der Waals surface area contributed by atoms with Gasteiger partial charge < -0.3 is 14.2 Å². The van der Waals surface area contributed by atoms with Crippen LogP contribution in [0.15, 0.2) is 85.1 Å². The molecule has 0 heterocycles. The molecule has 0 N–H and O–H groups in total. The standard InChI is InChI=1S/C51H86O5/c1-4-7-10-13-16-18-20-22-24-25-26-28-30-32-34-37-40-43-46-54-47-49(56-51(53)45-42-39-35-15-12-9-6-3)48-55-50(52)44-41-38-36-33-31-29-27-23-21-19-17-14-11-8-5-2/h7-8,10-11,16-19,22-24,26-28,49H,4-6,9,12-15,20-21,25,29-48H2,1-3H3/b10-7-,11-8-,18-16-,19-17-,24-22-,27-23-,28-26-. The smallest absolute Gasteiger partial charge is 0.306 e. The van der Waals surface area contributed by atoms with Crippen LogP contribution < -0.4 is 0 Å². The van der Waals surface area contributed by atoms with Gasteiger partial charge in [0.25, 0.3) is 0 Å². The summed E-state index contributed by atoms with van der Waals surface area (Å²) in [4.78, 5) is 25.1. The maximum atomic E-state index is 12.6. The summed E-state index contributed by atoms with van der Waals surface area (Å²) in [5.74, 6) is -0.438. The SMILES string of the molecule is CC/C=C\C/C=C\C/C=C\C/C=C\CCCCCCCOCC(COC(=O)CCCCCCC/C=C\C/C=C\C/C=C\CC)OC(=O)CCCCCCCCC. The highest BCUT2D eigenvalue weighted by Gasteiger charge is 2.17. The molecule has 0 saturated heterocycles. The van der Waals surface area contributed by atoms with Gasteiger partial charge in [-0.25, -0.2) is 0 Å².